The van der Waals surface area contributed by atoms with Gasteiger partial charge in [0.05, 0.1) is 11.8 Å². The molecule has 0 amide bonds. The van der Waals surface area contributed by atoms with Gasteiger partial charge in [0.2, 0.25) is 11.7 Å². The molecule has 0 bridgehead atoms. The molecule has 0 radical (unpaired) electrons. The van der Waals surface area contributed by atoms with E-state index in [9.17, 15) is 4.79 Å². The third-order valence-electron chi connectivity index (χ3n) is 3.87. The molecule has 1 saturated carbocycles. The van der Waals surface area contributed by atoms with Gasteiger partial charge in [-0.1, -0.05) is 41.6 Å². The summed E-state index contributed by atoms with van der Waals surface area (Å²) in [4.78, 5) is 15.2. The van der Waals surface area contributed by atoms with Crippen LogP contribution < -0.4 is 0 Å². The molecular formula is C16H12N2O3. The molecular weight excluding hydrogens is 268 g/mol. The second kappa shape index (κ2) is 4.41. The maximum absolute atomic E-state index is 10.9. The van der Waals surface area contributed by atoms with Gasteiger partial charge in [0.1, 0.15) is 0 Å². The zero-order chi connectivity index (χ0) is 14.4. The number of carboxylic acid groups (broad SMARTS) is 1. The third-order valence-corrected chi connectivity index (χ3v) is 3.87. The van der Waals surface area contributed by atoms with Gasteiger partial charge >= 0.3 is 5.97 Å². The van der Waals surface area contributed by atoms with Gasteiger partial charge < -0.3 is 9.63 Å². The minimum Gasteiger partial charge on any atom is -0.481 e. The highest BCUT2D eigenvalue weighted by molar-refractivity contribution is 5.86. The summed E-state index contributed by atoms with van der Waals surface area (Å²) < 4.78 is 5.21. The van der Waals surface area contributed by atoms with Gasteiger partial charge in [0.15, 0.2) is 0 Å². The second-order valence-electron chi connectivity index (χ2n) is 5.31. The van der Waals surface area contributed by atoms with E-state index in [1.807, 2.05) is 42.5 Å². The van der Waals surface area contributed by atoms with Crippen LogP contribution in [0.15, 0.2) is 47.0 Å². The number of fused-ring (bicyclic) bond motifs is 1. The van der Waals surface area contributed by atoms with Crippen LogP contribution in [0.3, 0.4) is 0 Å². The highest BCUT2D eigenvalue weighted by Gasteiger charge is 2.48. The Morgan fingerprint density at radius 2 is 2.00 bits per heavy atom. The number of carboxylic acids is 1. The first-order valence-corrected chi connectivity index (χ1v) is 6.78. The Morgan fingerprint density at radius 3 is 2.76 bits per heavy atom. The Labute approximate surface area is 120 Å². The molecule has 1 heterocycles. The Morgan fingerprint density at radius 1 is 1.19 bits per heavy atom. The molecule has 5 nitrogen and oxygen atoms in total. The minimum absolute atomic E-state index is 0.135. The summed E-state index contributed by atoms with van der Waals surface area (Å²) in [7, 11) is 0. The van der Waals surface area contributed by atoms with Crippen molar-refractivity contribution in [1.29, 1.82) is 0 Å². The normalized spacial score (nSPS) is 20.6. The highest BCUT2D eigenvalue weighted by atomic mass is 16.5. The number of hydrogen-bond acceptors (Lipinski definition) is 4. The molecule has 4 rings (SSSR count). The van der Waals surface area contributed by atoms with Gasteiger partial charge in [-0.2, -0.15) is 4.98 Å². The minimum atomic E-state index is -0.801. The lowest BCUT2D eigenvalue weighted by molar-refractivity contribution is -0.138. The van der Waals surface area contributed by atoms with Crippen LogP contribution in [0.25, 0.3) is 22.2 Å². The largest absolute Gasteiger partial charge is 0.481 e. The number of rotatable bonds is 3. The molecule has 0 spiro atoms. The van der Waals surface area contributed by atoms with E-state index in [1.165, 1.54) is 0 Å². The molecule has 2 atom stereocenters. The van der Waals surface area contributed by atoms with E-state index < -0.39 is 5.97 Å². The van der Waals surface area contributed by atoms with Gasteiger partial charge in [-0.25, -0.2) is 0 Å². The van der Waals surface area contributed by atoms with Crippen LogP contribution in [-0.2, 0) is 4.79 Å². The zero-order valence-corrected chi connectivity index (χ0v) is 11.1. The second-order valence-corrected chi connectivity index (χ2v) is 5.31. The molecule has 2 aromatic carbocycles. The topological polar surface area (TPSA) is 76.2 Å². The van der Waals surface area contributed by atoms with Crippen LogP contribution in [0.4, 0.5) is 0 Å². The molecule has 0 saturated heterocycles. The third kappa shape index (κ3) is 2.07. The fourth-order valence-electron chi connectivity index (χ4n) is 2.57. The summed E-state index contributed by atoms with van der Waals surface area (Å²) in [5, 5.41) is 15.2. The summed E-state index contributed by atoms with van der Waals surface area (Å²) in [5.74, 6) is -0.387. The van der Waals surface area contributed by atoms with Gasteiger partial charge in [-0.15, -0.1) is 0 Å². The first-order chi connectivity index (χ1) is 10.2. The van der Waals surface area contributed by atoms with E-state index in [0.29, 0.717) is 18.1 Å². The van der Waals surface area contributed by atoms with Crippen molar-refractivity contribution in [2.24, 2.45) is 5.92 Å². The molecule has 5 heteroatoms. The molecule has 21 heavy (non-hydrogen) atoms. The summed E-state index contributed by atoms with van der Waals surface area (Å²) in [6, 6.07) is 14.0. The number of aliphatic carboxylic acids is 1. The fraction of sp³-hybridized carbons (Fsp3) is 0.188. The van der Waals surface area contributed by atoms with E-state index in [4.69, 9.17) is 9.63 Å². The van der Waals surface area contributed by atoms with E-state index in [-0.39, 0.29) is 11.8 Å². The highest BCUT2D eigenvalue weighted by Crippen LogP contribution is 2.47. The quantitative estimate of drug-likeness (QED) is 0.797. The van der Waals surface area contributed by atoms with Crippen LogP contribution in [0, 0.1) is 5.92 Å². The maximum atomic E-state index is 10.9. The number of carbonyl (C=O) groups is 1. The van der Waals surface area contributed by atoms with Crippen molar-refractivity contribution in [1.82, 2.24) is 10.1 Å². The summed E-state index contributed by atoms with van der Waals surface area (Å²) in [5.41, 5.74) is 0.872. The molecule has 2 unspecified atom stereocenters. The van der Waals surface area contributed by atoms with Crippen LogP contribution in [0.2, 0.25) is 0 Å². The van der Waals surface area contributed by atoms with Crippen LogP contribution >= 0.6 is 0 Å². The van der Waals surface area contributed by atoms with Gasteiger partial charge in [0.25, 0.3) is 0 Å². The SMILES string of the molecule is O=C(O)C1CC1c1nc(-c2ccc3ccccc3c2)no1. The lowest BCUT2D eigenvalue weighted by Gasteiger charge is -1.99. The van der Waals surface area contributed by atoms with Crippen LogP contribution in [0.1, 0.15) is 18.2 Å². The predicted octanol–water partition coefficient (Wildman–Crippen LogP) is 3.08. The molecule has 1 N–H and O–H groups in total. The summed E-state index contributed by atoms with van der Waals surface area (Å²) >= 11 is 0. The molecule has 0 aliphatic heterocycles. The Kier molecular flexibility index (Phi) is 2.54. The lowest BCUT2D eigenvalue weighted by atomic mass is 10.1. The van der Waals surface area contributed by atoms with Crippen LogP contribution in [0.5, 0.6) is 0 Å². The molecule has 1 aliphatic rings. The Bertz CT molecular complexity index is 840. The molecule has 1 fully saturated rings. The van der Waals surface area contributed by atoms with Crippen molar-refractivity contribution >= 4 is 16.7 Å². The van der Waals surface area contributed by atoms with Gasteiger partial charge in [-0.3, -0.25) is 4.79 Å². The lowest BCUT2D eigenvalue weighted by Crippen LogP contribution is -1.98. The van der Waals surface area contributed by atoms with Crippen LogP contribution in [-0.4, -0.2) is 21.2 Å². The maximum Gasteiger partial charge on any atom is 0.307 e. The zero-order valence-electron chi connectivity index (χ0n) is 11.1. The summed E-state index contributed by atoms with van der Waals surface area (Å²) in [6.07, 6.45) is 0.578. The number of hydrogen-bond donors (Lipinski definition) is 1. The number of nitrogens with zero attached hydrogens (tertiary/aromatic N) is 2. The monoisotopic (exact) mass is 280 g/mol. The first kappa shape index (κ1) is 12.1. The number of benzene rings is 2. The van der Waals surface area contributed by atoms with E-state index >= 15 is 0 Å². The molecule has 1 aliphatic carbocycles. The van der Waals surface area contributed by atoms with Crippen molar-refractivity contribution in [3.63, 3.8) is 0 Å². The molecule has 1 aromatic heterocycles. The average molecular weight is 280 g/mol. The first-order valence-electron chi connectivity index (χ1n) is 6.78. The van der Waals surface area contributed by atoms with Crippen molar-refractivity contribution < 1.29 is 14.4 Å². The van der Waals surface area contributed by atoms with Gasteiger partial charge in [-0.05, 0) is 23.3 Å². The molecule has 104 valence electrons. The van der Waals surface area contributed by atoms with Crippen molar-refractivity contribution in [3.8, 4) is 11.4 Å². The standard InChI is InChI=1S/C16H12N2O3/c19-16(20)13-8-12(13)15-17-14(18-21-15)11-6-5-9-3-1-2-4-10(9)7-11/h1-7,12-13H,8H2,(H,19,20). The average Bonchev–Trinajstić information content (AvgIpc) is 3.17. The van der Waals surface area contributed by atoms with E-state index in [2.05, 4.69) is 10.1 Å². The Balaban J connectivity index is 1.66. The van der Waals surface area contributed by atoms with Gasteiger partial charge in [0, 0.05) is 5.56 Å². The predicted molar refractivity (Wildman–Crippen MR) is 75.7 cm³/mol. The fourth-order valence-corrected chi connectivity index (χ4v) is 2.57. The van der Waals surface area contributed by atoms with Crippen molar-refractivity contribution in [3.05, 3.63) is 48.4 Å². The molecule has 3 aromatic rings. The summed E-state index contributed by atoms with van der Waals surface area (Å²) in [6.45, 7) is 0. The smallest absolute Gasteiger partial charge is 0.307 e. The van der Waals surface area contributed by atoms with E-state index in [0.717, 1.165) is 16.3 Å². The number of aromatic nitrogens is 2. The van der Waals surface area contributed by atoms with E-state index in [1.54, 1.807) is 0 Å². The van der Waals surface area contributed by atoms with Crippen molar-refractivity contribution in [2.45, 2.75) is 12.3 Å². The Hall–Kier alpha value is -2.69. The van der Waals surface area contributed by atoms with Crippen molar-refractivity contribution in [2.75, 3.05) is 0 Å².